The normalized spacial score (nSPS) is 27.1. The molecule has 1 atom stereocenters. The maximum atomic E-state index is 9.08. The van der Waals surface area contributed by atoms with Gasteiger partial charge in [0, 0.05) is 6.42 Å². The quantitative estimate of drug-likeness (QED) is 0.511. The molecule has 9 heavy (non-hydrogen) atoms. The number of hydrogen-bond acceptors (Lipinski definition) is 2. The van der Waals surface area contributed by atoms with Crippen LogP contribution in [0.1, 0.15) is 13.3 Å². The van der Waals surface area contributed by atoms with Gasteiger partial charge >= 0.3 is 0 Å². The van der Waals surface area contributed by atoms with E-state index in [1.807, 2.05) is 6.92 Å². The third-order valence-electron chi connectivity index (χ3n) is 1.47. The highest BCUT2D eigenvalue weighted by Gasteiger charge is 2.11. The molecule has 0 amide bonds. The first-order valence-electron chi connectivity index (χ1n) is 2.94. The summed E-state index contributed by atoms with van der Waals surface area (Å²) in [4.78, 5) is 0. The average molecular weight is 126 g/mol. The smallest absolute Gasteiger partial charge is 0.0951 e. The van der Waals surface area contributed by atoms with Crippen LogP contribution in [0.25, 0.3) is 0 Å². The van der Waals surface area contributed by atoms with Crippen LogP contribution in [0.3, 0.4) is 0 Å². The molecule has 2 heteroatoms. The molecule has 0 fully saturated rings. The van der Waals surface area contributed by atoms with Crippen molar-refractivity contribution in [3.63, 3.8) is 0 Å². The fourth-order valence-corrected chi connectivity index (χ4v) is 0.766. The third-order valence-corrected chi connectivity index (χ3v) is 1.47. The van der Waals surface area contributed by atoms with Gasteiger partial charge in [-0.3, -0.25) is 0 Å². The van der Waals surface area contributed by atoms with Crippen LogP contribution in [0.4, 0.5) is 0 Å². The monoisotopic (exact) mass is 126 g/mol. The van der Waals surface area contributed by atoms with E-state index in [-0.39, 0.29) is 5.76 Å². The maximum Gasteiger partial charge on any atom is 0.0951 e. The van der Waals surface area contributed by atoms with Gasteiger partial charge in [-0.25, -0.2) is 0 Å². The molecule has 0 bridgehead atoms. The third kappa shape index (κ3) is 1.33. The predicted molar refractivity (Wildman–Crippen MR) is 35.1 cm³/mol. The molecule has 1 aliphatic rings. The molecule has 2 nitrogen and oxygen atoms in total. The van der Waals surface area contributed by atoms with Gasteiger partial charge in [-0.15, -0.1) is 0 Å². The van der Waals surface area contributed by atoms with Crippen molar-refractivity contribution in [2.45, 2.75) is 19.4 Å². The zero-order chi connectivity index (χ0) is 6.85. The average Bonchev–Trinajstić information content (AvgIpc) is 1.80. The summed E-state index contributed by atoms with van der Waals surface area (Å²) in [5.74, 6) is 0.258. The lowest BCUT2D eigenvalue weighted by atomic mass is 10.0. The van der Waals surface area contributed by atoms with Gasteiger partial charge < -0.3 is 10.2 Å². The molecule has 0 spiro atoms. The SMILES string of the molecule is CC1=CC=C(O)CC1O. The Morgan fingerprint density at radius 1 is 1.56 bits per heavy atom. The van der Waals surface area contributed by atoms with Crippen LogP contribution in [0.2, 0.25) is 0 Å². The maximum absolute atomic E-state index is 9.08. The summed E-state index contributed by atoms with van der Waals surface area (Å²) in [6.45, 7) is 1.84. The Morgan fingerprint density at radius 3 is 2.67 bits per heavy atom. The van der Waals surface area contributed by atoms with Crippen molar-refractivity contribution in [2.24, 2.45) is 0 Å². The summed E-state index contributed by atoms with van der Waals surface area (Å²) in [6, 6.07) is 0. The second-order valence-electron chi connectivity index (χ2n) is 2.29. The number of rotatable bonds is 0. The van der Waals surface area contributed by atoms with Crippen LogP contribution in [-0.4, -0.2) is 16.3 Å². The van der Waals surface area contributed by atoms with Gasteiger partial charge in [-0.05, 0) is 18.6 Å². The molecule has 0 heterocycles. The van der Waals surface area contributed by atoms with E-state index in [0.717, 1.165) is 5.57 Å². The van der Waals surface area contributed by atoms with Crippen molar-refractivity contribution in [3.05, 3.63) is 23.5 Å². The van der Waals surface area contributed by atoms with E-state index in [4.69, 9.17) is 10.2 Å². The summed E-state index contributed by atoms with van der Waals surface area (Å²) in [7, 11) is 0. The highest BCUT2D eigenvalue weighted by molar-refractivity contribution is 5.22. The predicted octanol–water partition coefficient (Wildman–Crippen LogP) is 1.14. The highest BCUT2D eigenvalue weighted by Crippen LogP contribution is 2.15. The van der Waals surface area contributed by atoms with Crippen molar-refractivity contribution in [3.8, 4) is 0 Å². The molecule has 1 aliphatic carbocycles. The minimum absolute atomic E-state index is 0.258. The molecule has 0 aromatic carbocycles. The van der Waals surface area contributed by atoms with Gasteiger partial charge in [-0.2, -0.15) is 0 Å². The highest BCUT2D eigenvalue weighted by atomic mass is 16.3. The molecule has 0 radical (unpaired) electrons. The Morgan fingerprint density at radius 2 is 2.22 bits per heavy atom. The molecule has 0 aromatic heterocycles. The van der Waals surface area contributed by atoms with Gasteiger partial charge in [0.2, 0.25) is 0 Å². The van der Waals surface area contributed by atoms with E-state index in [9.17, 15) is 0 Å². The fraction of sp³-hybridized carbons (Fsp3) is 0.429. The Labute approximate surface area is 54.1 Å². The standard InChI is InChI=1S/C7H10O2/c1-5-2-3-6(8)4-7(5)9/h2-3,7-9H,4H2,1H3. The second kappa shape index (κ2) is 2.23. The summed E-state index contributed by atoms with van der Waals surface area (Å²) >= 11 is 0. The van der Waals surface area contributed by atoms with Gasteiger partial charge in [0.25, 0.3) is 0 Å². The molecular formula is C7H10O2. The second-order valence-corrected chi connectivity index (χ2v) is 2.29. The van der Waals surface area contributed by atoms with Gasteiger partial charge in [0.05, 0.1) is 11.9 Å². The van der Waals surface area contributed by atoms with Crippen molar-refractivity contribution >= 4 is 0 Å². The van der Waals surface area contributed by atoms with E-state index in [1.165, 1.54) is 0 Å². The van der Waals surface area contributed by atoms with E-state index in [1.54, 1.807) is 12.2 Å². The van der Waals surface area contributed by atoms with Gasteiger partial charge in [-0.1, -0.05) is 6.08 Å². The Kier molecular flexibility index (Phi) is 1.58. The van der Waals surface area contributed by atoms with Gasteiger partial charge in [0.1, 0.15) is 0 Å². The van der Waals surface area contributed by atoms with Crippen LogP contribution in [0.15, 0.2) is 23.5 Å². The first-order valence-corrected chi connectivity index (χ1v) is 2.94. The van der Waals surface area contributed by atoms with E-state index >= 15 is 0 Å². The fourth-order valence-electron chi connectivity index (χ4n) is 0.766. The van der Waals surface area contributed by atoms with Crippen molar-refractivity contribution < 1.29 is 10.2 Å². The number of aliphatic hydroxyl groups is 2. The van der Waals surface area contributed by atoms with Crippen molar-refractivity contribution in [1.29, 1.82) is 0 Å². The lowest BCUT2D eigenvalue weighted by Gasteiger charge is -2.13. The number of aliphatic hydroxyl groups excluding tert-OH is 2. The molecule has 0 aromatic rings. The molecule has 0 saturated carbocycles. The Balaban J connectivity index is 2.74. The minimum atomic E-state index is -0.477. The summed E-state index contributed by atoms with van der Waals surface area (Å²) in [6.07, 6.45) is 3.23. The van der Waals surface area contributed by atoms with Crippen LogP contribution in [-0.2, 0) is 0 Å². The molecule has 1 unspecified atom stereocenters. The van der Waals surface area contributed by atoms with E-state index in [2.05, 4.69) is 0 Å². The zero-order valence-electron chi connectivity index (χ0n) is 5.33. The minimum Gasteiger partial charge on any atom is -0.512 e. The largest absolute Gasteiger partial charge is 0.512 e. The first kappa shape index (κ1) is 6.36. The van der Waals surface area contributed by atoms with Crippen molar-refractivity contribution in [2.75, 3.05) is 0 Å². The molecule has 1 rings (SSSR count). The zero-order valence-corrected chi connectivity index (χ0v) is 5.33. The summed E-state index contributed by atoms with van der Waals surface area (Å²) in [5.41, 5.74) is 0.910. The van der Waals surface area contributed by atoms with Crippen LogP contribution in [0.5, 0.6) is 0 Å². The van der Waals surface area contributed by atoms with E-state index in [0.29, 0.717) is 6.42 Å². The van der Waals surface area contributed by atoms with E-state index < -0.39 is 6.10 Å². The molecular weight excluding hydrogens is 116 g/mol. The van der Waals surface area contributed by atoms with Crippen LogP contribution < -0.4 is 0 Å². The van der Waals surface area contributed by atoms with Crippen LogP contribution >= 0.6 is 0 Å². The molecule has 50 valence electrons. The Hall–Kier alpha value is -0.760. The lowest BCUT2D eigenvalue weighted by Crippen LogP contribution is -2.11. The topological polar surface area (TPSA) is 40.5 Å². The summed E-state index contributed by atoms with van der Waals surface area (Å²) < 4.78 is 0. The Bertz CT molecular complexity index is 168. The molecule has 0 saturated heterocycles. The molecule has 0 aliphatic heterocycles. The van der Waals surface area contributed by atoms with Crippen molar-refractivity contribution in [1.82, 2.24) is 0 Å². The van der Waals surface area contributed by atoms with Crippen LogP contribution in [0, 0.1) is 0 Å². The van der Waals surface area contributed by atoms with Gasteiger partial charge in [0.15, 0.2) is 0 Å². The number of allylic oxidation sites excluding steroid dienone is 2. The summed E-state index contributed by atoms with van der Waals surface area (Å²) in [5, 5.41) is 17.9. The molecule has 2 N–H and O–H groups in total. The lowest BCUT2D eigenvalue weighted by molar-refractivity contribution is 0.188. The first-order chi connectivity index (χ1) is 4.20. The number of hydrogen-bond donors (Lipinski definition) is 2.